The van der Waals surface area contributed by atoms with Crippen LogP contribution in [0.1, 0.15) is 18.5 Å². The normalized spacial score (nSPS) is 15.1. The van der Waals surface area contributed by atoms with E-state index in [4.69, 9.17) is 15.1 Å². The van der Waals surface area contributed by atoms with Gasteiger partial charge >= 0.3 is 0 Å². The molecule has 0 amide bonds. The second kappa shape index (κ2) is 8.07. The molecule has 31 heavy (non-hydrogen) atoms. The Bertz CT molecular complexity index is 1240. The van der Waals surface area contributed by atoms with Gasteiger partial charge in [-0.05, 0) is 31.9 Å². The molecule has 8 nitrogen and oxygen atoms in total. The zero-order valence-electron chi connectivity index (χ0n) is 17.3. The minimum atomic E-state index is -1.08. The van der Waals surface area contributed by atoms with Crippen molar-refractivity contribution in [3.63, 3.8) is 0 Å². The first-order chi connectivity index (χ1) is 15.1. The van der Waals surface area contributed by atoms with Crippen molar-refractivity contribution in [3.05, 3.63) is 42.1 Å². The average Bonchev–Trinajstić information content (AvgIpc) is 3.46. The van der Waals surface area contributed by atoms with Crippen molar-refractivity contribution in [3.8, 4) is 11.4 Å². The van der Waals surface area contributed by atoms with Gasteiger partial charge in [-0.1, -0.05) is 12.1 Å². The summed E-state index contributed by atoms with van der Waals surface area (Å²) in [6.07, 6.45) is 1.18. The summed E-state index contributed by atoms with van der Waals surface area (Å²) < 4.78 is 14.5. The zero-order valence-corrected chi connectivity index (χ0v) is 17.3. The Morgan fingerprint density at radius 1 is 1.10 bits per heavy atom. The third-order valence-electron chi connectivity index (χ3n) is 5.53. The minimum Gasteiger partial charge on any atom is -0.389 e. The first-order valence-electron chi connectivity index (χ1n) is 10.5. The van der Waals surface area contributed by atoms with E-state index in [0.29, 0.717) is 22.9 Å². The van der Waals surface area contributed by atoms with Crippen molar-refractivity contribution < 1.29 is 9.50 Å². The molecule has 0 unspecified atom stereocenters. The zero-order chi connectivity index (χ0) is 21.4. The molecule has 1 aliphatic heterocycles. The Kier molecular flexibility index (Phi) is 5.11. The maximum atomic E-state index is 12.8. The lowest BCUT2D eigenvalue weighted by Crippen LogP contribution is -2.24. The molecule has 9 heteroatoms. The Balaban J connectivity index is 1.61. The molecule has 0 bridgehead atoms. The van der Waals surface area contributed by atoms with Crippen LogP contribution in [-0.4, -0.2) is 62.1 Å². The van der Waals surface area contributed by atoms with Gasteiger partial charge in [-0.25, -0.2) is 19.3 Å². The van der Waals surface area contributed by atoms with Gasteiger partial charge in [0.2, 0.25) is 0 Å². The lowest BCUT2D eigenvalue weighted by Gasteiger charge is -2.18. The molecule has 3 aromatic heterocycles. The lowest BCUT2D eigenvalue weighted by atomic mass is 10.2. The largest absolute Gasteiger partial charge is 0.389 e. The molecule has 0 spiro atoms. The van der Waals surface area contributed by atoms with E-state index in [9.17, 15) is 9.50 Å². The summed E-state index contributed by atoms with van der Waals surface area (Å²) >= 11 is 0. The highest BCUT2D eigenvalue weighted by atomic mass is 19.1. The molecule has 0 radical (unpaired) electrons. The summed E-state index contributed by atoms with van der Waals surface area (Å²) in [4.78, 5) is 16.5. The highest BCUT2D eigenvalue weighted by Gasteiger charge is 2.19. The van der Waals surface area contributed by atoms with E-state index in [1.165, 1.54) is 0 Å². The van der Waals surface area contributed by atoms with Gasteiger partial charge in [0.1, 0.15) is 29.7 Å². The standard InChI is InChI=1S/C22H24FN7O/c1-14-22(26-17-7-3-2-6-16(17)25-14)18-10-21-27-20(29-8-4-5-9-29)11-19(30(21)28-18)24-13-15(31)12-23/h2-3,6-7,10-11,15,24,31H,4-5,8-9,12-13H2,1H3/t15-/m1/s1. The Morgan fingerprint density at radius 2 is 1.84 bits per heavy atom. The minimum absolute atomic E-state index is 0.0824. The van der Waals surface area contributed by atoms with Crippen molar-refractivity contribution in [1.82, 2.24) is 24.6 Å². The van der Waals surface area contributed by atoms with Gasteiger partial charge in [0, 0.05) is 31.8 Å². The van der Waals surface area contributed by atoms with Crippen LogP contribution >= 0.6 is 0 Å². The van der Waals surface area contributed by atoms with Gasteiger partial charge in [-0.15, -0.1) is 0 Å². The summed E-state index contributed by atoms with van der Waals surface area (Å²) in [5.41, 5.74) is 4.44. The number of hydrogen-bond acceptors (Lipinski definition) is 7. The molecule has 5 rings (SSSR count). The fraction of sp³-hybridized carbons (Fsp3) is 0.364. The second-order valence-electron chi connectivity index (χ2n) is 7.83. The van der Waals surface area contributed by atoms with Gasteiger partial charge in [-0.3, -0.25) is 0 Å². The Morgan fingerprint density at radius 3 is 2.58 bits per heavy atom. The van der Waals surface area contributed by atoms with Crippen molar-refractivity contribution in [2.75, 3.05) is 36.5 Å². The number of aliphatic hydroxyl groups excluding tert-OH is 1. The van der Waals surface area contributed by atoms with Gasteiger partial charge in [0.05, 0.1) is 22.8 Å². The maximum absolute atomic E-state index is 12.8. The van der Waals surface area contributed by atoms with Crippen LogP contribution in [0.25, 0.3) is 28.1 Å². The van der Waals surface area contributed by atoms with E-state index in [-0.39, 0.29) is 6.54 Å². The van der Waals surface area contributed by atoms with E-state index >= 15 is 0 Å². The van der Waals surface area contributed by atoms with Crippen LogP contribution < -0.4 is 10.2 Å². The third kappa shape index (κ3) is 3.76. The predicted octanol–water partition coefficient (Wildman–Crippen LogP) is 2.99. The van der Waals surface area contributed by atoms with Crippen LogP contribution in [0.4, 0.5) is 16.0 Å². The number of nitrogens with zero attached hydrogens (tertiary/aromatic N) is 6. The average molecular weight is 421 g/mol. The van der Waals surface area contributed by atoms with Crippen molar-refractivity contribution in [2.24, 2.45) is 0 Å². The number of para-hydroxylation sites is 2. The molecular formula is C22H24FN7O. The van der Waals surface area contributed by atoms with Gasteiger partial charge in [0.15, 0.2) is 5.65 Å². The van der Waals surface area contributed by atoms with Gasteiger partial charge in [0.25, 0.3) is 0 Å². The number of hydrogen-bond donors (Lipinski definition) is 2. The van der Waals surface area contributed by atoms with Crippen molar-refractivity contribution in [2.45, 2.75) is 25.9 Å². The number of rotatable bonds is 6. The predicted molar refractivity (Wildman–Crippen MR) is 118 cm³/mol. The number of nitrogens with one attached hydrogen (secondary N) is 1. The van der Waals surface area contributed by atoms with E-state index in [0.717, 1.165) is 48.5 Å². The maximum Gasteiger partial charge on any atom is 0.160 e. The highest BCUT2D eigenvalue weighted by molar-refractivity contribution is 5.78. The molecule has 4 aromatic rings. The molecule has 4 heterocycles. The molecule has 2 N–H and O–H groups in total. The lowest BCUT2D eigenvalue weighted by molar-refractivity contribution is 0.151. The van der Waals surface area contributed by atoms with E-state index < -0.39 is 12.8 Å². The fourth-order valence-electron chi connectivity index (χ4n) is 3.92. The highest BCUT2D eigenvalue weighted by Crippen LogP contribution is 2.27. The SMILES string of the molecule is Cc1nc2ccccc2nc1-c1cc2nc(N3CCCC3)cc(NC[C@H](O)CF)n2n1. The molecule has 160 valence electrons. The van der Waals surface area contributed by atoms with Crippen molar-refractivity contribution >= 4 is 28.3 Å². The summed E-state index contributed by atoms with van der Waals surface area (Å²) in [6.45, 7) is 3.09. The number of aromatic nitrogens is 5. The quantitative estimate of drug-likeness (QED) is 0.494. The Hall–Kier alpha value is -3.33. The second-order valence-corrected chi connectivity index (χ2v) is 7.83. The third-order valence-corrected chi connectivity index (χ3v) is 5.53. The topological polar surface area (TPSA) is 91.5 Å². The van der Waals surface area contributed by atoms with Crippen LogP contribution in [0.5, 0.6) is 0 Å². The molecule has 0 saturated carbocycles. The molecule has 1 saturated heterocycles. The van der Waals surface area contributed by atoms with E-state index in [1.54, 1.807) is 4.52 Å². The molecule has 0 aliphatic carbocycles. The van der Waals surface area contributed by atoms with Crippen LogP contribution in [-0.2, 0) is 0 Å². The number of anilines is 2. The number of aryl methyl sites for hydroxylation is 1. The fourth-order valence-corrected chi connectivity index (χ4v) is 3.92. The number of fused-ring (bicyclic) bond motifs is 2. The molecule has 1 atom stereocenters. The van der Waals surface area contributed by atoms with Gasteiger partial charge in [-0.2, -0.15) is 9.61 Å². The summed E-state index contributed by atoms with van der Waals surface area (Å²) in [5.74, 6) is 1.49. The van der Waals surface area contributed by atoms with E-state index in [2.05, 4.69) is 15.2 Å². The van der Waals surface area contributed by atoms with E-state index in [1.807, 2.05) is 43.3 Å². The summed E-state index contributed by atoms with van der Waals surface area (Å²) in [7, 11) is 0. The molecule has 1 fully saturated rings. The Labute approximate surface area is 178 Å². The van der Waals surface area contributed by atoms with Crippen LogP contribution in [0, 0.1) is 6.92 Å². The molecule has 1 aliphatic rings. The number of alkyl halides is 1. The van der Waals surface area contributed by atoms with Gasteiger partial charge < -0.3 is 15.3 Å². The van der Waals surface area contributed by atoms with Crippen LogP contribution in [0.2, 0.25) is 0 Å². The first-order valence-corrected chi connectivity index (χ1v) is 10.5. The smallest absolute Gasteiger partial charge is 0.160 e. The van der Waals surface area contributed by atoms with Crippen LogP contribution in [0.3, 0.4) is 0 Å². The first kappa shape index (κ1) is 19.6. The molecule has 1 aromatic carbocycles. The summed E-state index contributed by atoms with van der Waals surface area (Å²) in [5, 5.41) is 17.5. The van der Waals surface area contributed by atoms with Crippen molar-refractivity contribution in [1.29, 1.82) is 0 Å². The number of halogens is 1. The molecular weight excluding hydrogens is 397 g/mol. The van der Waals surface area contributed by atoms with Crippen LogP contribution in [0.15, 0.2) is 36.4 Å². The number of aliphatic hydroxyl groups is 1. The summed E-state index contributed by atoms with van der Waals surface area (Å²) in [6, 6.07) is 11.5. The monoisotopic (exact) mass is 421 g/mol. The number of benzene rings is 1.